The third-order valence-electron chi connectivity index (χ3n) is 3.80. The molecular weight excluding hydrogens is 312 g/mol. The average molecular weight is 332 g/mol. The first-order valence-corrected chi connectivity index (χ1v) is 8.17. The van der Waals surface area contributed by atoms with E-state index in [-0.39, 0.29) is 5.56 Å². The highest BCUT2D eigenvalue weighted by Gasteiger charge is 2.03. The average Bonchev–Trinajstić information content (AvgIpc) is 2.62. The van der Waals surface area contributed by atoms with Crippen molar-refractivity contribution in [3.8, 4) is 11.3 Å². The number of anilines is 1. The highest BCUT2D eigenvalue weighted by molar-refractivity contribution is 5.80. The smallest absolute Gasteiger partial charge is 0.252 e. The van der Waals surface area contributed by atoms with Gasteiger partial charge in [-0.15, -0.1) is 0 Å². The van der Waals surface area contributed by atoms with Crippen molar-refractivity contribution >= 4 is 12.2 Å². The summed E-state index contributed by atoms with van der Waals surface area (Å²) in [5.41, 5.74) is 6.29. The maximum absolute atomic E-state index is 11.8. The molecule has 0 fully saturated rings. The van der Waals surface area contributed by atoms with Gasteiger partial charge >= 0.3 is 0 Å². The standard InChI is InChI=1S/C20H20N4O/c1-14(2)16-10-8-15(9-11-16)13-21-24-20-22-18(12-19(25)23-20)17-6-4-3-5-7-17/h3-14H,1-2H3,(H2,22,23,24,25)/b21-13-. The summed E-state index contributed by atoms with van der Waals surface area (Å²) in [4.78, 5) is 18.9. The maximum atomic E-state index is 11.8. The van der Waals surface area contributed by atoms with E-state index in [9.17, 15) is 4.79 Å². The lowest BCUT2D eigenvalue weighted by molar-refractivity contribution is 0.866. The summed E-state index contributed by atoms with van der Waals surface area (Å²) in [6.07, 6.45) is 1.69. The summed E-state index contributed by atoms with van der Waals surface area (Å²) in [6.45, 7) is 4.32. The minimum atomic E-state index is -0.229. The summed E-state index contributed by atoms with van der Waals surface area (Å²) in [7, 11) is 0. The molecule has 25 heavy (non-hydrogen) atoms. The molecule has 2 N–H and O–H groups in total. The van der Waals surface area contributed by atoms with Crippen molar-refractivity contribution in [1.82, 2.24) is 9.97 Å². The monoisotopic (exact) mass is 332 g/mol. The second-order valence-electron chi connectivity index (χ2n) is 6.04. The SMILES string of the molecule is CC(C)c1ccc(/C=N\Nc2nc(-c3ccccc3)cc(=O)[nH]2)cc1. The summed E-state index contributed by atoms with van der Waals surface area (Å²) in [6, 6.07) is 19.2. The number of benzene rings is 2. The van der Waals surface area contributed by atoms with Crippen LogP contribution in [0.5, 0.6) is 0 Å². The van der Waals surface area contributed by atoms with Gasteiger partial charge in [0.05, 0.1) is 11.9 Å². The van der Waals surface area contributed by atoms with Crippen LogP contribution < -0.4 is 11.0 Å². The van der Waals surface area contributed by atoms with Crippen LogP contribution in [0.25, 0.3) is 11.3 Å². The first-order valence-electron chi connectivity index (χ1n) is 8.17. The molecular formula is C20H20N4O. The van der Waals surface area contributed by atoms with Crippen molar-refractivity contribution in [2.45, 2.75) is 19.8 Å². The molecule has 3 rings (SSSR count). The normalized spacial score (nSPS) is 11.2. The summed E-state index contributed by atoms with van der Waals surface area (Å²) >= 11 is 0. The van der Waals surface area contributed by atoms with Gasteiger partial charge in [-0.2, -0.15) is 5.10 Å². The van der Waals surface area contributed by atoms with Crippen molar-refractivity contribution < 1.29 is 0 Å². The molecule has 0 amide bonds. The van der Waals surface area contributed by atoms with Crippen molar-refractivity contribution in [3.63, 3.8) is 0 Å². The van der Waals surface area contributed by atoms with E-state index in [0.717, 1.165) is 11.1 Å². The predicted molar refractivity (Wildman–Crippen MR) is 102 cm³/mol. The minimum absolute atomic E-state index is 0.229. The van der Waals surface area contributed by atoms with Crippen LogP contribution in [0.1, 0.15) is 30.9 Å². The lowest BCUT2D eigenvalue weighted by Gasteiger charge is -2.05. The van der Waals surface area contributed by atoms with E-state index in [0.29, 0.717) is 17.6 Å². The Hall–Kier alpha value is -3.21. The molecule has 0 saturated heterocycles. The summed E-state index contributed by atoms with van der Waals surface area (Å²) in [5.74, 6) is 0.806. The number of hydrogen-bond donors (Lipinski definition) is 2. The van der Waals surface area contributed by atoms with Crippen molar-refractivity contribution in [3.05, 3.63) is 82.1 Å². The quantitative estimate of drug-likeness (QED) is 0.548. The van der Waals surface area contributed by atoms with E-state index in [1.165, 1.54) is 11.6 Å². The van der Waals surface area contributed by atoms with Crippen molar-refractivity contribution in [2.75, 3.05) is 5.43 Å². The zero-order valence-electron chi connectivity index (χ0n) is 14.2. The zero-order chi connectivity index (χ0) is 17.6. The van der Waals surface area contributed by atoms with Crippen LogP contribution in [0, 0.1) is 0 Å². The van der Waals surface area contributed by atoms with E-state index >= 15 is 0 Å². The lowest BCUT2D eigenvalue weighted by Crippen LogP contribution is -2.10. The Bertz CT molecular complexity index is 912. The molecule has 2 aromatic carbocycles. The van der Waals surface area contributed by atoms with E-state index in [1.807, 2.05) is 42.5 Å². The Morgan fingerprint density at radius 1 is 1.08 bits per heavy atom. The van der Waals surface area contributed by atoms with Gasteiger partial charge in [-0.1, -0.05) is 68.4 Å². The molecule has 0 spiro atoms. The number of H-pyrrole nitrogens is 1. The third-order valence-corrected chi connectivity index (χ3v) is 3.80. The van der Waals surface area contributed by atoms with Crippen LogP contribution in [0.3, 0.4) is 0 Å². The van der Waals surface area contributed by atoms with Gasteiger partial charge in [0, 0.05) is 11.6 Å². The molecule has 1 heterocycles. The Morgan fingerprint density at radius 2 is 1.80 bits per heavy atom. The van der Waals surface area contributed by atoms with Gasteiger partial charge in [-0.3, -0.25) is 9.78 Å². The van der Waals surface area contributed by atoms with Gasteiger partial charge in [0.15, 0.2) is 0 Å². The fourth-order valence-corrected chi connectivity index (χ4v) is 2.40. The molecule has 0 atom stereocenters. The van der Waals surface area contributed by atoms with Gasteiger partial charge in [0.1, 0.15) is 0 Å². The maximum Gasteiger partial charge on any atom is 0.252 e. The number of hydrogen-bond acceptors (Lipinski definition) is 4. The minimum Gasteiger partial charge on any atom is -0.291 e. The largest absolute Gasteiger partial charge is 0.291 e. The molecule has 0 bridgehead atoms. The number of hydrazone groups is 1. The van der Waals surface area contributed by atoms with E-state index in [1.54, 1.807) is 6.21 Å². The number of aromatic nitrogens is 2. The fraction of sp³-hybridized carbons (Fsp3) is 0.150. The van der Waals surface area contributed by atoms with Crippen molar-refractivity contribution in [2.24, 2.45) is 5.10 Å². The fourth-order valence-electron chi connectivity index (χ4n) is 2.40. The number of aromatic amines is 1. The highest BCUT2D eigenvalue weighted by Crippen LogP contribution is 2.16. The first-order chi connectivity index (χ1) is 12.1. The van der Waals surface area contributed by atoms with Crippen LogP contribution in [-0.2, 0) is 0 Å². The van der Waals surface area contributed by atoms with E-state index in [2.05, 4.69) is 46.5 Å². The van der Waals surface area contributed by atoms with Gasteiger partial charge in [0.25, 0.3) is 5.56 Å². The first kappa shape index (κ1) is 16.6. The van der Waals surface area contributed by atoms with Gasteiger partial charge in [-0.05, 0) is 17.0 Å². The molecule has 0 radical (unpaired) electrons. The Labute approximate surface area is 146 Å². The number of nitrogens with zero attached hydrogens (tertiary/aromatic N) is 2. The van der Waals surface area contributed by atoms with Crippen LogP contribution in [0.4, 0.5) is 5.95 Å². The van der Waals surface area contributed by atoms with Crippen LogP contribution in [-0.4, -0.2) is 16.2 Å². The molecule has 0 unspecified atom stereocenters. The molecule has 1 aromatic heterocycles. The molecule has 126 valence electrons. The molecule has 3 aromatic rings. The summed E-state index contributed by atoms with van der Waals surface area (Å²) in [5, 5.41) is 4.15. The van der Waals surface area contributed by atoms with E-state index < -0.39 is 0 Å². The molecule has 0 aliphatic heterocycles. The second kappa shape index (κ2) is 7.57. The predicted octanol–water partition coefficient (Wildman–Crippen LogP) is 4.01. The zero-order valence-corrected chi connectivity index (χ0v) is 14.2. The molecule has 5 nitrogen and oxygen atoms in total. The van der Waals surface area contributed by atoms with Gasteiger partial charge in [0.2, 0.25) is 5.95 Å². The van der Waals surface area contributed by atoms with E-state index in [4.69, 9.17) is 0 Å². The molecule has 5 heteroatoms. The molecule has 0 saturated carbocycles. The van der Waals surface area contributed by atoms with Crippen LogP contribution in [0.2, 0.25) is 0 Å². The van der Waals surface area contributed by atoms with Crippen molar-refractivity contribution in [1.29, 1.82) is 0 Å². The summed E-state index contributed by atoms with van der Waals surface area (Å²) < 4.78 is 0. The number of nitrogens with one attached hydrogen (secondary N) is 2. The Morgan fingerprint density at radius 3 is 2.48 bits per heavy atom. The highest BCUT2D eigenvalue weighted by atomic mass is 16.1. The topological polar surface area (TPSA) is 70.1 Å². The Kier molecular flexibility index (Phi) is 5.04. The lowest BCUT2D eigenvalue weighted by atomic mass is 10.0. The Balaban J connectivity index is 1.75. The third kappa shape index (κ3) is 4.41. The van der Waals surface area contributed by atoms with Gasteiger partial charge < -0.3 is 0 Å². The van der Waals surface area contributed by atoms with Crippen LogP contribution >= 0.6 is 0 Å². The van der Waals surface area contributed by atoms with Crippen LogP contribution in [0.15, 0.2) is 70.6 Å². The molecule has 0 aliphatic carbocycles. The van der Waals surface area contributed by atoms with Gasteiger partial charge in [-0.25, -0.2) is 10.4 Å². The number of rotatable bonds is 5. The molecule has 0 aliphatic rings. The second-order valence-corrected chi connectivity index (χ2v) is 6.04.